The van der Waals surface area contributed by atoms with Gasteiger partial charge in [-0.3, -0.25) is 0 Å². The molecular formula is C16H13BrFN3. The lowest BCUT2D eigenvalue weighted by atomic mass is 10.2. The Balaban J connectivity index is 1.74. The SMILES string of the molecule is Fc1ccc(-c2cnc(CNc3ccccc3)[nH]2)c(Br)c1. The molecule has 0 amide bonds. The first-order valence-electron chi connectivity index (χ1n) is 6.50. The number of aromatic amines is 1. The Hall–Kier alpha value is -2.14. The molecule has 0 aliphatic rings. The number of nitrogens with one attached hydrogen (secondary N) is 2. The lowest BCUT2D eigenvalue weighted by Crippen LogP contribution is -2.00. The number of aromatic nitrogens is 2. The van der Waals surface area contributed by atoms with Crippen LogP contribution in [0.25, 0.3) is 11.3 Å². The maximum atomic E-state index is 13.1. The van der Waals surface area contributed by atoms with Crippen molar-refractivity contribution in [1.29, 1.82) is 0 Å². The van der Waals surface area contributed by atoms with Crippen molar-refractivity contribution < 1.29 is 4.39 Å². The zero-order valence-electron chi connectivity index (χ0n) is 11.1. The number of rotatable bonds is 4. The Bertz CT molecular complexity index is 740. The summed E-state index contributed by atoms with van der Waals surface area (Å²) in [6.07, 6.45) is 1.75. The zero-order chi connectivity index (χ0) is 14.7. The Morgan fingerprint density at radius 1 is 1.14 bits per heavy atom. The van der Waals surface area contributed by atoms with E-state index in [9.17, 15) is 4.39 Å². The molecule has 106 valence electrons. The van der Waals surface area contributed by atoms with Gasteiger partial charge in [-0.2, -0.15) is 0 Å². The molecule has 2 aromatic carbocycles. The van der Waals surface area contributed by atoms with Crippen molar-refractivity contribution in [3.05, 3.63) is 70.8 Å². The molecule has 3 rings (SSSR count). The smallest absolute Gasteiger partial charge is 0.125 e. The Labute approximate surface area is 130 Å². The van der Waals surface area contributed by atoms with Crippen LogP contribution in [0.4, 0.5) is 10.1 Å². The molecule has 0 saturated carbocycles. The third-order valence-corrected chi connectivity index (χ3v) is 3.74. The summed E-state index contributed by atoms with van der Waals surface area (Å²) >= 11 is 3.37. The van der Waals surface area contributed by atoms with Gasteiger partial charge in [0.05, 0.1) is 18.4 Å². The van der Waals surface area contributed by atoms with Crippen LogP contribution in [0.3, 0.4) is 0 Å². The van der Waals surface area contributed by atoms with Crippen molar-refractivity contribution in [3.63, 3.8) is 0 Å². The van der Waals surface area contributed by atoms with Crippen molar-refractivity contribution in [1.82, 2.24) is 9.97 Å². The maximum Gasteiger partial charge on any atom is 0.125 e. The Kier molecular flexibility index (Phi) is 4.01. The van der Waals surface area contributed by atoms with Crippen LogP contribution >= 0.6 is 15.9 Å². The fourth-order valence-electron chi connectivity index (χ4n) is 2.04. The molecular weight excluding hydrogens is 333 g/mol. The van der Waals surface area contributed by atoms with Crippen LogP contribution in [0.2, 0.25) is 0 Å². The first-order chi connectivity index (χ1) is 10.2. The number of hydrogen-bond donors (Lipinski definition) is 2. The number of nitrogens with zero attached hydrogens (tertiary/aromatic N) is 1. The van der Waals surface area contributed by atoms with E-state index in [1.807, 2.05) is 30.3 Å². The molecule has 0 unspecified atom stereocenters. The molecule has 1 heterocycles. The van der Waals surface area contributed by atoms with Gasteiger partial charge in [-0.25, -0.2) is 9.37 Å². The highest BCUT2D eigenvalue weighted by Gasteiger charge is 2.07. The van der Waals surface area contributed by atoms with E-state index >= 15 is 0 Å². The second-order valence-corrected chi connectivity index (χ2v) is 5.44. The fraction of sp³-hybridized carbons (Fsp3) is 0.0625. The molecule has 3 aromatic rings. The highest BCUT2D eigenvalue weighted by atomic mass is 79.9. The predicted molar refractivity (Wildman–Crippen MR) is 85.5 cm³/mol. The van der Waals surface area contributed by atoms with Crippen LogP contribution < -0.4 is 5.32 Å². The van der Waals surface area contributed by atoms with E-state index in [4.69, 9.17) is 0 Å². The molecule has 0 atom stereocenters. The number of imidazole rings is 1. The van der Waals surface area contributed by atoms with Gasteiger partial charge in [-0.15, -0.1) is 0 Å². The normalized spacial score (nSPS) is 10.6. The summed E-state index contributed by atoms with van der Waals surface area (Å²) in [5.74, 6) is 0.557. The van der Waals surface area contributed by atoms with Gasteiger partial charge in [0.1, 0.15) is 11.6 Å². The summed E-state index contributed by atoms with van der Waals surface area (Å²) in [5.41, 5.74) is 2.78. The molecule has 0 aliphatic heterocycles. The minimum atomic E-state index is -0.267. The maximum absolute atomic E-state index is 13.1. The van der Waals surface area contributed by atoms with Gasteiger partial charge >= 0.3 is 0 Å². The second-order valence-electron chi connectivity index (χ2n) is 4.59. The summed E-state index contributed by atoms with van der Waals surface area (Å²) in [7, 11) is 0. The molecule has 0 bridgehead atoms. The van der Waals surface area contributed by atoms with Crippen LogP contribution in [0.15, 0.2) is 59.2 Å². The topological polar surface area (TPSA) is 40.7 Å². The van der Waals surface area contributed by atoms with Gasteiger partial charge in [0.2, 0.25) is 0 Å². The van der Waals surface area contributed by atoms with E-state index in [1.165, 1.54) is 12.1 Å². The first kappa shape index (κ1) is 13.8. The van der Waals surface area contributed by atoms with E-state index in [2.05, 4.69) is 31.2 Å². The van der Waals surface area contributed by atoms with Crippen molar-refractivity contribution in [2.45, 2.75) is 6.54 Å². The average Bonchev–Trinajstić information content (AvgIpc) is 2.95. The fourth-order valence-corrected chi connectivity index (χ4v) is 2.60. The number of hydrogen-bond acceptors (Lipinski definition) is 2. The van der Waals surface area contributed by atoms with E-state index in [-0.39, 0.29) is 5.82 Å². The minimum Gasteiger partial charge on any atom is -0.378 e. The van der Waals surface area contributed by atoms with Crippen LogP contribution in [0.5, 0.6) is 0 Å². The molecule has 0 saturated heterocycles. The molecule has 0 fully saturated rings. The van der Waals surface area contributed by atoms with E-state index in [1.54, 1.807) is 12.3 Å². The molecule has 0 radical (unpaired) electrons. The lowest BCUT2D eigenvalue weighted by Gasteiger charge is -2.04. The Morgan fingerprint density at radius 3 is 2.71 bits per heavy atom. The molecule has 3 nitrogen and oxygen atoms in total. The van der Waals surface area contributed by atoms with Crippen molar-refractivity contribution >= 4 is 21.6 Å². The van der Waals surface area contributed by atoms with Gasteiger partial charge in [-0.1, -0.05) is 18.2 Å². The highest BCUT2D eigenvalue weighted by molar-refractivity contribution is 9.10. The highest BCUT2D eigenvalue weighted by Crippen LogP contribution is 2.27. The third-order valence-electron chi connectivity index (χ3n) is 3.08. The Morgan fingerprint density at radius 2 is 1.95 bits per heavy atom. The largest absolute Gasteiger partial charge is 0.378 e. The van der Waals surface area contributed by atoms with E-state index < -0.39 is 0 Å². The molecule has 1 aromatic heterocycles. The predicted octanol–water partition coefficient (Wildman–Crippen LogP) is 4.59. The number of para-hydroxylation sites is 1. The van der Waals surface area contributed by atoms with Gasteiger partial charge in [0.15, 0.2) is 0 Å². The quantitative estimate of drug-likeness (QED) is 0.725. The number of halogens is 2. The van der Waals surface area contributed by atoms with Crippen LogP contribution in [0, 0.1) is 5.82 Å². The number of H-pyrrole nitrogens is 1. The van der Waals surface area contributed by atoms with Gasteiger partial charge in [0.25, 0.3) is 0 Å². The van der Waals surface area contributed by atoms with Crippen molar-refractivity contribution in [2.24, 2.45) is 0 Å². The lowest BCUT2D eigenvalue weighted by molar-refractivity contribution is 0.627. The summed E-state index contributed by atoms with van der Waals surface area (Å²) in [6.45, 7) is 0.600. The van der Waals surface area contributed by atoms with Crippen LogP contribution in [-0.4, -0.2) is 9.97 Å². The van der Waals surface area contributed by atoms with Crippen molar-refractivity contribution in [3.8, 4) is 11.3 Å². The molecule has 0 spiro atoms. The van der Waals surface area contributed by atoms with E-state index in [0.717, 1.165) is 22.8 Å². The summed E-state index contributed by atoms with van der Waals surface area (Å²) < 4.78 is 13.8. The number of benzene rings is 2. The molecule has 5 heteroatoms. The minimum absolute atomic E-state index is 0.267. The van der Waals surface area contributed by atoms with Gasteiger partial charge in [0, 0.05) is 15.7 Å². The molecule has 2 N–H and O–H groups in total. The summed E-state index contributed by atoms with van der Waals surface area (Å²) in [5, 5.41) is 3.28. The van der Waals surface area contributed by atoms with Crippen molar-refractivity contribution in [2.75, 3.05) is 5.32 Å². The molecule has 0 aliphatic carbocycles. The zero-order valence-corrected chi connectivity index (χ0v) is 12.7. The summed E-state index contributed by atoms with van der Waals surface area (Å²) in [4.78, 5) is 7.57. The van der Waals surface area contributed by atoms with Gasteiger partial charge in [-0.05, 0) is 46.3 Å². The van der Waals surface area contributed by atoms with Crippen LogP contribution in [-0.2, 0) is 6.54 Å². The van der Waals surface area contributed by atoms with Gasteiger partial charge < -0.3 is 10.3 Å². The third kappa shape index (κ3) is 3.31. The van der Waals surface area contributed by atoms with E-state index in [0.29, 0.717) is 11.0 Å². The average molecular weight is 346 g/mol. The second kappa shape index (κ2) is 6.10. The standard InChI is InChI=1S/C16H13BrFN3/c17-14-8-11(18)6-7-13(14)15-9-20-16(21-15)10-19-12-4-2-1-3-5-12/h1-9,19H,10H2,(H,20,21). The molecule has 21 heavy (non-hydrogen) atoms. The summed E-state index contributed by atoms with van der Waals surface area (Å²) in [6, 6.07) is 14.5. The van der Waals surface area contributed by atoms with Crippen LogP contribution in [0.1, 0.15) is 5.82 Å². The first-order valence-corrected chi connectivity index (χ1v) is 7.30. The monoisotopic (exact) mass is 345 g/mol. The number of anilines is 1.